The van der Waals surface area contributed by atoms with Crippen LogP contribution in [0.1, 0.15) is 23.6 Å². The number of aryl methyl sites for hydroxylation is 1. The van der Waals surface area contributed by atoms with Gasteiger partial charge in [-0.15, -0.1) is 0 Å². The highest BCUT2D eigenvalue weighted by Gasteiger charge is 2.21. The molecule has 0 heterocycles. The van der Waals surface area contributed by atoms with Gasteiger partial charge in [0.25, 0.3) is 0 Å². The summed E-state index contributed by atoms with van der Waals surface area (Å²) in [5.41, 5.74) is 9.29. The lowest BCUT2D eigenvalue weighted by Gasteiger charge is -2.26. The molecule has 2 N–H and O–H groups in total. The third-order valence-electron chi connectivity index (χ3n) is 3.16. The van der Waals surface area contributed by atoms with E-state index >= 15 is 0 Å². The van der Waals surface area contributed by atoms with Crippen molar-refractivity contribution in [2.75, 3.05) is 0 Å². The normalized spacial score (nSPS) is 14.2. The Labute approximate surface area is 107 Å². The highest BCUT2D eigenvalue weighted by Crippen LogP contribution is 2.23. The van der Waals surface area contributed by atoms with Crippen molar-refractivity contribution in [3.05, 3.63) is 71.0 Å². The maximum Gasteiger partial charge on any atom is 0.123 e. The Kier molecular flexibility index (Phi) is 3.48. The van der Waals surface area contributed by atoms with Crippen molar-refractivity contribution in [3.8, 4) is 0 Å². The van der Waals surface area contributed by atoms with Crippen LogP contribution in [-0.4, -0.2) is 0 Å². The minimum Gasteiger partial charge on any atom is -0.321 e. The van der Waals surface area contributed by atoms with Gasteiger partial charge in [-0.25, -0.2) is 4.39 Å². The molecule has 0 saturated carbocycles. The van der Waals surface area contributed by atoms with Crippen molar-refractivity contribution in [1.82, 2.24) is 0 Å². The molecule has 2 rings (SSSR count). The average molecular weight is 243 g/mol. The van der Waals surface area contributed by atoms with Crippen LogP contribution in [0.2, 0.25) is 0 Å². The van der Waals surface area contributed by atoms with E-state index in [1.165, 1.54) is 17.7 Å². The Morgan fingerprint density at radius 1 is 1.11 bits per heavy atom. The molecule has 0 radical (unpaired) electrons. The number of halogens is 1. The van der Waals surface area contributed by atoms with E-state index in [1.807, 2.05) is 19.1 Å². The first-order chi connectivity index (χ1) is 8.47. The third-order valence-corrected chi connectivity index (χ3v) is 3.16. The van der Waals surface area contributed by atoms with Gasteiger partial charge in [0.2, 0.25) is 0 Å². The first-order valence-electron chi connectivity index (χ1n) is 6.08. The van der Waals surface area contributed by atoms with Gasteiger partial charge >= 0.3 is 0 Å². The molecule has 0 aromatic heterocycles. The lowest BCUT2D eigenvalue weighted by molar-refractivity contribution is 0.490. The SMILES string of the molecule is Cc1cccc(C(C)(N)Cc2ccc(F)cc2)c1. The minimum absolute atomic E-state index is 0.215. The molecule has 1 nitrogen and oxygen atoms in total. The van der Waals surface area contributed by atoms with Crippen molar-refractivity contribution in [3.63, 3.8) is 0 Å². The van der Waals surface area contributed by atoms with Gasteiger partial charge < -0.3 is 5.73 Å². The van der Waals surface area contributed by atoms with Crippen LogP contribution in [0.15, 0.2) is 48.5 Å². The molecule has 0 aliphatic rings. The van der Waals surface area contributed by atoms with Crippen LogP contribution in [0.3, 0.4) is 0 Å². The standard InChI is InChI=1S/C16H18FN/c1-12-4-3-5-14(10-12)16(2,18)11-13-6-8-15(17)9-7-13/h3-10H,11,18H2,1-2H3. The van der Waals surface area contributed by atoms with Gasteiger partial charge in [0.15, 0.2) is 0 Å². The zero-order valence-electron chi connectivity index (χ0n) is 10.8. The number of benzene rings is 2. The predicted molar refractivity (Wildman–Crippen MR) is 72.8 cm³/mol. The molecule has 2 heteroatoms. The molecule has 0 saturated heterocycles. The second-order valence-corrected chi connectivity index (χ2v) is 5.09. The Bertz CT molecular complexity index is 529. The second-order valence-electron chi connectivity index (χ2n) is 5.09. The second kappa shape index (κ2) is 4.91. The Balaban J connectivity index is 2.23. The van der Waals surface area contributed by atoms with Gasteiger partial charge in [-0.05, 0) is 43.5 Å². The minimum atomic E-state index is -0.441. The average Bonchev–Trinajstić information content (AvgIpc) is 2.32. The van der Waals surface area contributed by atoms with E-state index in [2.05, 4.69) is 19.1 Å². The maximum atomic E-state index is 12.9. The maximum absolute atomic E-state index is 12.9. The van der Waals surface area contributed by atoms with E-state index < -0.39 is 5.54 Å². The highest BCUT2D eigenvalue weighted by molar-refractivity contribution is 5.30. The molecule has 0 fully saturated rings. The predicted octanol–water partition coefficient (Wildman–Crippen LogP) is 3.55. The Morgan fingerprint density at radius 3 is 2.39 bits per heavy atom. The van der Waals surface area contributed by atoms with Crippen molar-refractivity contribution in [1.29, 1.82) is 0 Å². The van der Waals surface area contributed by atoms with Gasteiger partial charge in [-0.2, -0.15) is 0 Å². The van der Waals surface area contributed by atoms with Crippen LogP contribution in [-0.2, 0) is 12.0 Å². The van der Waals surface area contributed by atoms with Gasteiger partial charge in [0, 0.05) is 5.54 Å². The van der Waals surface area contributed by atoms with Crippen LogP contribution in [0, 0.1) is 12.7 Å². The van der Waals surface area contributed by atoms with E-state index in [0.29, 0.717) is 6.42 Å². The third kappa shape index (κ3) is 2.96. The van der Waals surface area contributed by atoms with E-state index in [4.69, 9.17) is 5.73 Å². The molecule has 0 bridgehead atoms. The number of hydrogen-bond acceptors (Lipinski definition) is 1. The van der Waals surface area contributed by atoms with Gasteiger partial charge in [0.1, 0.15) is 5.82 Å². The zero-order chi connectivity index (χ0) is 13.2. The fourth-order valence-electron chi connectivity index (χ4n) is 2.13. The van der Waals surface area contributed by atoms with Gasteiger partial charge in [-0.3, -0.25) is 0 Å². The summed E-state index contributed by atoms with van der Waals surface area (Å²) in [5.74, 6) is -0.215. The zero-order valence-corrected chi connectivity index (χ0v) is 10.8. The Morgan fingerprint density at radius 2 is 1.78 bits per heavy atom. The molecular formula is C16H18FN. The monoisotopic (exact) mass is 243 g/mol. The molecule has 0 amide bonds. The fraction of sp³-hybridized carbons (Fsp3) is 0.250. The summed E-state index contributed by atoms with van der Waals surface area (Å²) in [5, 5.41) is 0. The van der Waals surface area contributed by atoms with Crippen molar-refractivity contribution < 1.29 is 4.39 Å². The molecule has 1 unspecified atom stereocenters. The number of hydrogen-bond donors (Lipinski definition) is 1. The number of nitrogens with two attached hydrogens (primary N) is 1. The summed E-state index contributed by atoms with van der Waals surface area (Å²) >= 11 is 0. The van der Waals surface area contributed by atoms with Crippen LogP contribution in [0.4, 0.5) is 4.39 Å². The van der Waals surface area contributed by atoms with Crippen LogP contribution < -0.4 is 5.73 Å². The van der Waals surface area contributed by atoms with E-state index in [0.717, 1.165) is 11.1 Å². The van der Waals surface area contributed by atoms with E-state index in [-0.39, 0.29) is 5.82 Å². The molecule has 1 atom stereocenters. The smallest absolute Gasteiger partial charge is 0.123 e. The molecule has 0 spiro atoms. The topological polar surface area (TPSA) is 26.0 Å². The molecule has 18 heavy (non-hydrogen) atoms. The van der Waals surface area contributed by atoms with Crippen molar-refractivity contribution in [2.24, 2.45) is 5.73 Å². The highest BCUT2D eigenvalue weighted by atomic mass is 19.1. The van der Waals surface area contributed by atoms with E-state index in [9.17, 15) is 4.39 Å². The van der Waals surface area contributed by atoms with E-state index in [1.54, 1.807) is 12.1 Å². The lowest BCUT2D eigenvalue weighted by atomic mass is 9.86. The summed E-state index contributed by atoms with van der Waals surface area (Å²) in [7, 11) is 0. The molecule has 2 aromatic rings. The first-order valence-corrected chi connectivity index (χ1v) is 6.08. The molecule has 0 aliphatic carbocycles. The largest absolute Gasteiger partial charge is 0.321 e. The summed E-state index contributed by atoms with van der Waals surface area (Å²) in [6, 6.07) is 14.7. The lowest BCUT2D eigenvalue weighted by Crippen LogP contribution is -2.35. The van der Waals surface area contributed by atoms with Crippen LogP contribution in [0.5, 0.6) is 0 Å². The Hall–Kier alpha value is -1.67. The summed E-state index contributed by atoms with van der Waals surface area (Å²) in [6.07, 6.45) is 0.691. The molecule has 94 valence electrons. The number of rotatable bonds is 3. The fourth-order valence-corrected chi connectivity index (χ4v) is 2.13. The quantitative estimate of drug-likeness (QED) is 0.876. The van der Waals surface area contributed by atoms with Gasteiger partial charge in [-0.1, -0.05) is 42.0 Å². The summed E-state index contributed by atoms with van der Waals surface area (Å²) in [4.78, 5) is 0. The van der Waals surface area contributed by atoms with Crippen molar-refractivity contribution >= 4 is 0 Å². The molecular weight excluding hydrogens is 225 g/mol. The van der Waals surface area contributed by atoms with Crippen LogP contribution >= 0.6 is 0 Å². The summed E-state index contributed by atoms with van der Waals surface area (Å²) < 4.78 is 12.9. The molecule has 0 aliphatic heterocycles. The van der Waals surface area contributed by atoms with Gasteiger partial charge in [0.05, 0.1) is 0 Å². The summed E-state index contributed by atoms with van der Waals surface area (Å²) in [6.45, 7) is 4.06. The first kappa shape index (κ1) is 12.8. The molecule has 2 aromatic carbocycles. The van der Waals surface area contributed by atoms with Crippen LogP contribution in [0.25, 0.3) is 0 Å². The van der Waals surface area contributed by atoms with Crippen molar-refractivity contribution in [2.45, 2.75) is 25.8 Å².